The van der Waals surface area contributed by atoms with E-state index < -0.39 is 0 Å². The van der Waals surface area contributed by atoms with Gasteiger partial charge in [0.05, 0.1) is 18.8 Å². The number of carbonyl (C=O) groups is 1. The van der Waals surface area contributed by atoms with Crippen LogP contribution in [0.1, 0.15) is 17.7 Å². The van der Waals surface area contributed by atoms with Gasteiger partial charge in [0.15, 0.2) is 0 Å². The van der Waals surface area contributed by atoms with Crippen molar-refractivity contribution >= 4 is 17.9 Å². The number of rotatable bonds is 4. The van der Waals surface area contributed by atoms with Crippen LogP contribution in [0.5, 0.6) is 0 Å². The summed E-state index contributed by atoms with van der Waals surface area (Å²) in [5.74, 6) is -0.212. The highest BCUT2D eigenvalue weighted by molar-refractivity contribution is 7.97. The van der Waals surface area contributed by atoms with Gasteiger partial charge >= 0.3 is 0 Å². The zero-order valence-corrected chi connectivity index (χ0v) is 14.7. The highest BCUT2D eigenvalue weighted by Crippen LogP contribution is 2.25. The Morgan fingerprint density at radius 1 is 1.27 bits per heavy atom. The average molecular weight is 375 g/mol. The molecule has 0 fully saturated rings. The zero-order valence-electron chi connectivity index (χ0n) is 13.9. The first-order valence-corrected chi connectivity index (χ1v) is 8.77. The quantitative estimate of drug-likeness (QED) is 0.730. The number of H-pyrrole nitrogens is 1. The number of aromatic amines is 1. The number of hydrogen-bond acceptors (Lipinski definition) is 5. The van der Waals surface area contributed by atoms with E-state index in [0.29, 0.717) is 13.1 Å². The molecule has 2 N–H and O–H groups in total. The number of aromatic nitrogens is 4. The van der Waals surface area contributed by atoms with Crippen molar-refractivity contribution < 1.29 is 14.3 Å². The fourth-order valence-corrected chi connectivity index (χ4v) is 3.15. The largest absolute Gasteiger partial charge is 0.396 e. The number of aliphatic hydroxyl groups excluding tert-OH is 1. The van der Waals surface area contributed by atoms with Gasteiger partial charge in [-0.3, -0.25) is 9.89 Å². The first-order valence-electron chi connectivity index (χ1n) is 8.00. The number of amides is 1. The minimum Gasteiger partial charge on any atom is -0.396 e. The summed E-state index contributed by atoms with van der Waals surface area (Å²) in [6.07, 6.45) is 3.79. The molecule has 1 aromatic carbocycles. The minimum absolute atomic E-state index is 0.0340. The van der Waals surface area contributed by atoms with Crippen molar-refractivity contribution in [1.29, 1.82) is 0 Å². The summed E-state index contributed by atoms with van der Waals surface area (Å²) in [5.41, 5.74) is 1.97. The van der Waals surface area contributed by atoms with Gasteiger partial charge in [-0.1, -0.05) is 18.2 Å². The summed E-state index contributed by atoms with van der Waals surface area (Å²) in [6.45, 7) is 0.977. The number of nitrogens with zero attached hydrogens (tertiary/aromatic N) is 4. The van der Waals surface area contributed by atoms with E-state index in [1.807, 2.05) is 12.3 Å². The monoisotopic (exact) mass is 375 g/mol. The topological polar surface area (TPSA) is 87.0 Å². The van der Waals surface area contributed by atoms with E-state index in [0.717, 1.165) is 16.3 Å². The van der Waals surface area contributed by atoms with Crippen molar-refractivity contribution in [3.8, 4) is 0 Å². The van der Waals surface area contributed by atoms with Crippen LogP contribution in [0.25, 0.3) is 0 Å². The Balaban J connectivity index is 0.000000236. The van der Waals surface area contributed by atoms with Gasteiger partial charge in [-0.25, -0.2) is 8.48 Å². The second kappa shape index (κ2) is 8.63. The predicted molar refractivity (Wildman–Crippen MR) is 94.4 cm³/mol. The van der Waals surface area contributed by atoms with Crippen LogP contribution in [0.2, 0.25) is 0 Å². The van der Waals surface area contributed by atoms with Gasteiger partial charge in [0.25, 0.3) is 0 Å². The first-order chi connectivity index (χ1) is 12.7. The maximum Gasteiger partial charge on any atom is 0.225 e. The molecule has 0 saturated heterocycles. The Hall–Kier alpha value is -2.65. The van der Waals surface area contributed by atoms with Crippen molar-refractivity contribution in [2.75, 3.05) is 6.61 Å². The van der Waals surface area contributed by atoms with Gasteiger partial charge in [-0.2, -0.15) is 10.2 Å². The van der Waals surface area contributed by atoms with Gasteiger partial charge in [0.1, 0.15) is 10.8 Å². The summed E-state index contributed by atoms with van der Waals surface area (Å²) in [7, 11) is 0. The molecule has 3 heterocycles. The summed E-state index contributed by atoms with van der Waals surface area (Å²) in [5, 5.41) is 20.8. The van der Waals surface area contributed by atoms with Crippen molar-refractivity contribution in [2.24, 2.45) is 0 Å². The zero-order chi connectivity index (χ0) is 18.4. The molecule has 26 heavy (non-hydrogen) atoms. The smallest absolute Gasteiger partial charge is 0.225 e. The molecule has 7 nitrogen and oxygen atoms in total. The number of halogens is 1. The van der Waals surface area contributed by atoms with Crippen molar-refractivity contribution in [3.63, 3.8) is 0 Å². The number of benzene rings is 1. The molecule has 0 saturated carbocycles. The van der Waals surface area contributed by atoms with Crippen LogP contribution < -0.4 is 0 Å². The van der Waals surface area contributed by atoms with Gasteiger partial charge in [0, 0.05) is 42.9 Å². The van der Waals surface area contributed by atoms with Crippen LogP contribution in [0.3, 0.4) is 0 Å². The van der Waals surface area contributed by atoms with E-state index in [1.165, 1.54) is 24.1 Å². The second-order valence-electron chi connectivity index (χ2n) is 5.53. The fourth-order valence-electron chi connectivity index (χ4n) is 2.41. The van der Waals surface area contributed by atoms with Gasteiger partial charge in [-0.05, 0) is 18.2 Å². The third-order valence-corrected chi connectivity index (χ3v) is 4.43. The predicted octanol–water partition coefficient (Wildman–Crippen LogP) is 2.21. The van der Waals surface area contributed by atoms with Gasteiger partial charge in [-0.15, -0.1) is 0 Å². The molecule has 0 unspecified atom stereocenters. The lowest BCUT2D eigenvalue weighted by Crippen LogP contribution is -2.26. The summed E-state index contributed by atoms with van der Waals surface area (Å²) < 4.78 is 13.7. The Morgan fingerprint density at radius 2 is 2.08 bits per heavy atom. The van der Waals surface area contributed by atoms with E-state index in [-0.39, 0.29) is 24.8 Å². The van der Waals surface area contributed by atoms with Crippen LogP contribution in [0, 0.1) is 5.82 Å². The lowest BCUT2D eigenvalue weighted by Gasteiger charge is -2.14. The van der Waals surface area contributed by atoms with Gasteiger partial charge < -0.3 is 10.0 Å². The Bertz CT molecular complexity index is 815. The number of carbonyl (C=O) groups excluding carboxylic acids is 1. The summed E-state index contributed by atoms with van der Waals surface area (Å²) in [4.78, 5) is 13.4. The highest BCUT2D eigenvalue weighted by Gasteiger charge is 2.26. The van der Waals surface area contributed by atoms with Crippen LogP contribution in [0.15, 0.2) is 53.8 Å². The molecule has 9 heteroatoms. The average Bonchev–Trinajstić information content (AvgIpc) is 3.33. The van der Waals surface area contributed by atoms with Crippen molar-refractivity contribution in [2.45, 2.75) is 24.5 Å². The first kappa shape index (κ1) is 18.2. The maximum atomic E-state index is 11.9. The molecule has 4 rings (SSSR count). The maximum absolute atomic E-state index is 11.9. The lowest BCUT2D eigenvalue weighted by molar-refractivity contribution is -0.132. The van der Waals surface area contributed by atoms with E-state index in [2.05, 4.69) is 15.3 Å². The summed E-state index contributed by atoms with van der Waals surface area (Å²) in [6, 6.07) is 9.81. The Kier molecular flexibility index (Phi) is 6.03. The molecule has 0 bridgehead atoms. The number of aliphatic hydroxyl groups is 1. The molecule has 0 atom stereocenters. The molecule has 0 aliphatic carbocycles. The van der Waals surface area contributed by atoms with Crippen LogP contribution >= 0.6 is 11.9 Å². The molecule has 2 aromatic heterocycles. The fraction of sp³-hybridized carbons (Fsp3) is 0.235. The third kappa shape index (κ3) is 4.70. The van der Waals surface area contributed by atoms with E-state index in [4.69, 9.17) is 5.11 Å². The molecule has 136 valence electrons. The number of nitrogens with one attached hydrogen (secondary N) is 1. The van der Waals surface area contributed by atoms with Crippen LogP contribution in [-0.4, -0.2) is 41.9 Å². The van der Waals surface area contributed by atoms with Crippen molar-refractivity contribution in [1.82, 2.24) is 24.3 Å². The van der Waals surface area contributed by atoms with Crippen molar-refractivity contribution in [3.05, 3.63) is 65.9 Å². The molecular weight excluding hydrogens is 357 g/mol. The molecule has 0 radical (unpaired) electrons. The minimum atomic E-state index is -0.178. The van der Waals surface area contributed by atoms with Gasteiger partial charge in [0.2, 0.25) is 5.91 Å². The highest BCUT2D eigenvalue weighted by atomic mass is 32.2. The molecule has 1 aliphatic heterocycles. The van der Waals surface area contributed by atoms with E-state index in [9.17, 15) is 9.18 Å². The third-order valence-electron chi connectivity index (χ3n) is 3.64. The molecule has 3 aromatic rings. The summed E-state index contributed by atoms with van der Waals surface area (Å²) >= 11 is 1.44. The number of hydrogen-bond donors (Lipinski definition) is 2. The number of fused-ring (bicyclic) bond motifs is 1. The van der Waals surface area contributed by atoms with E-state index >= 15 is 0 Å². The molecule has 0 spiro atoms. The Labute approximate surface area is 154 Å². The molecule has 1 aliphatic rings. The van der Waals surface area contributed by atoms with Crippen LogP contribution in [-0.2, 0) is 17.9 Å². The molecule has 1 amide bonds. The second-order valence-corrected chi connectivity index (χ2v) is 6.53. The lowest BCUT2D eigenvalue weighted by atomic mass is 10.3. The van der Waals surface area contributed by atoms with E-state index in [1.54, 1.807) is 33.4 Å². The van der Waals surface area contributed by atoms with Crippen LogP contribution in [0.4, 0.5) is 4.39 Å². The Morgan fingerprint density at radius 3 is 2.65 bits per heavy atom. The standard InChI is InChI=1S/C11H13N5O2S.C6H5F/c17-4-2-11(18)15-5-8-6-16(14-9(8)7-15)19-10-1-3-12-13-10;7-6-4-2-1-3-5-6/h1,3,6,17H,2,4-5,7H2,(H,12,13);1-5H. The molecular formula is C17H18FN5O2S. The SMILES string of the molecule is Fc1ccccc1.O=C(CCO)N1Cc2cn(Sc3ccn[nH]3)nc2C1. The normalized spacial score (nSPS) is 12.5.